The number of hydrogen-bond donors (Lipinski definition) is 1. The second-order valence-corrected chi connectivity index (χ2v) is 6.08. The summed E-state index contributed by atoms with van der Waals surface area (Å²) in [4.78, 5) is 14.9. The first kappa shape index (κ1) is 15.0. The molecule has 1 N–H and O–H groups in total. The van der Waals surface area contributed by atoms with Gasteiger partial charge in [-0.25, -0.2) is 13.2 Å². The third kappa shape index (κ3) is 3.03. The lowest BCUT2D eigenvalue weighted by Crippen LogP contribution is -2.31. The molecule has 0 unspecified atom stereocenters. The van der Waals surface area contributed by atoms with Crippen LogP contribution in [0.15, 0.2) is 53.7 Å². The van der Waals surface area contributed by atoms with Gasteiger partial charge in [-0.1, -0.05) is 18.2 Å². The minimum Gasteiger partial charge on any atom is -0.478 e. The molecular formula is C14H14N2O4S. The van der Waals surface area contributed by atoms with Gasteiger partial charge < -0.3 is 5.11 Å². The summed E-state index contributed by atoms with van der Waals surface area (Å²) in [5, 5.41) is 8.98. The summed E-state index contributed by atoms with van der Waals surface area (Å²) in [5.74, 6) is -1.16. The number of rotatable bonds is 5. The Balaban J connectivity index is 2.49. The van der Waals surface area contributed by atoms with Crippen molar-refractivity contribution in [1.29, 1.82) is 0 Å². The number of benzene rings is 1. The summed E-state index contributed by atoms with van der Waals surface area (Å²) in [6.45, 7) is 1.84. The molecule has 21 heavy (non-hydrogen) atoms. The van der Waals surface area contributed by atoms with E-state index in [1.165, 1.54) is 30.6 Å². The van der Waals surface area contributed by atoms with Crippen molar-refractivity contribution in [3.05, 3.63) is 54.4 Å². The first-order chi connectivity index (χ1) is 9.96. The molecule has 6 nitrogen and oxygen atoms in total. The Morgan fingerprint density at radius 2 is 1.90 bits per heavy atom. The van der Waals surface area contributed by atoms with Gasteiger partial charge in [-0.05, 0) is 25.1 Å². The van der Waals surface area contributed by atoms with Gasteiger partial charge in [0, 0.05) is 12.7 Å². The maximum Gasteiger partial charge on any atom is 0.337 e. The van der Waals surface area contributed by atoms with Crippen molar-refractivity contribution in [3.8, 4) is 0 Å². The van der Waals surface area contributed by atoms with E-state index in [9.17, 15) is 13.2 Å². The monoisotopic (exact) mass is 306 g/mol. The van der Waals surface area contributed by atoms with Crippen LogP contribution >= 0.6 is 0 Å². The van der Waals surface area contributed by atoms with Gasteiger partial charge in [0.1, 0.15) is 0 Å². The summed E-state index contributed by atoms with van der Waals surface area (Å²) in [5.41, 5.74) is 0.162. The fourth-order valence-corrected chi connectivity index (χ4v) is 3.37. The van der Waals surface area contributed by atoms with Gasteiger partial charge in [0.25, 0.3) is 10.0 Å². The standard InChI is InChI=1S/C14H14N2O4S/c1-2-16(12-8-11(14(17)18)9-15-10-12)21(19,20)13-6-4-3-5-7-13/h3-10H,2H2,1H3,(H,17,18). The van der Waals surface area contributed by atoms with E-state index in [4.69, 9.17) is 5.11 Å². The van der Waals surface area contributed by atoms with Crippen molar-refractivity contribution in [2.24, 2.45) is 0 Å². The van der Waals surface area contributed by atoms with Gasteiger partial charge in [-0.2, -0.15) is 0 Å². The lowest BCUT2D eigenvalue weighted by molar-refractivity contribution is 0.0696. The predicted molar refractivity (Wildman–Crippen MR) is 77.8 cm³/mol. The largest absolute Gasteiger partial charge is 0.478 e. The molecule has 2 aromatic rings. The van der Waals surface area contributed by atoms with Crippen molar-refractivity contribution in [2.45, 2.75) is 11.8 Å². The van der Waals surface area contributed by atoms with Crippen LogP contribution < -0.4 is 4.31 Å². The number of pyridine rings is 1. The second-order valence-electron chi connectivity index (χ2n) is 4.22. The fourth-order valence-electron chi connectivity index (χ4n) is 1.89. The number of sulfonamides is 1. The number of carbonyl (C=O) groups is 1. The predicted octanol–water partition coefficient (Wildman–Crippen LogP) is 1.99. The molecule has 0 bridgehead atoms. The number of carboxylic acid groups (broad SMARTS) is 1. The highest BCUT2D eigenvalue weighted by Gasteiger charge is 2.24. The Morgan fingerprint density at radius 3 is 2.48 bits per heavy atom. The average molecular weight is 306 g/mol. The molecule has 0 saturated carbocycles. The molecule has 1 heterocycles. The van der Waals surface area contributed by atoms with Gasteiger partial charge in [-0.15, -0.1) is 0 Å². The van der Waals surface area contributed by atoms with Crippen LogP contribution in [0.2, 0.25) is 0 Å². The molecule has 2 rings (SSSR count). The van der Waals surface area contributed by atoms with Crippen LogP contribution in [0.1, 0.15) is 17.3 Å². The molecule has 0 amide bonds. The van der Waals surface area contributed by atoms with Crippen molar-refractivity contribution in [1.82, 2.24) is 4.98 Å². The number of nitrogens with zero attached hydrogens (tertiary/aromatic N) is 2. The summed E-state index contributed by atoms with van der Waals surface area (Å²) >= 11 is 0. The van der Waals surface area contributed by atoms with Gasteiger partial charge in [0.15, 0.2) is 0 Å². The highest BCUT2D eigenvalue weighted by atomic mass is 32.2. The Labute approximate surface area is 122 Å². The molecule has 0 radical (unpaired) electrons. The molecule has 110 valence electrons. The summed E-state index contributed by atoms with van der Waals surface area (Å²) < 4.78 is 26.3. The maximum absolute atomic E-state index is 12.6. The number of carboxylic acids is 1. The lowest BCUT2D eigenvalue weighted by Gasteiger charge is -2.22. The molecule has 1 aromatic carbocycles. The quantitative estimate of drug-likeness (QED) is 0.912. The van der Waals surface area contributed by atoms with Crippen LogP contribution in [-0.2, 0) is 10.0 Å². The SMILES string of the molecule is CCN(c1cncc(C(=O)O)c1)S(=O)(=O)c1ccccc1. The number of aromatic carboxylic acids is 1. The Kier molecular flexibility index (Phi) is 4.23. The normalized spacial score (nSPS) is 11.1. The van der Waals surface area contributed by atoms with E-state index in [1.807, 2.05) is 0 Å². The molecule has 0 fully saturated rings. The smallest absolute Gasteiger partial charge is 0.337 e. The molecule has 0 spiro atoms. The van der Waals surface area contributed by atoms with Gasteiger partial charge in [0.2, 0.25) is 0 Å². The minimum atomic E-state index is -3.75. The average Bonchev–Trinajstić information content (AvgIpc) is 2.49. The molecule has 0 saturated heterocycles. The third-order valence-electron chi connectivity index (χ3n) is 2.88. The Morgan fingerprint density at radius 1 is 1.24 bits per heavy atom. The van der Waals surface area contributed by atoms with Crippen LogP contribution in [0.5, 0.6) is 0 Å². The number of aromatic nitrogens is 1. The first-order valence-corrected chi connectivity index (χ1v) is 7.67. The van der Waals surface area contributed by atoms with E-state index < -0.39 is 16.0 Å². The zero-order chi connectivity index (χ0) is 15.5. The van der Waals surface area contributed by atoms with E-state index in [2.05, 4.69) is 4.98 Å². The Hall–Kier alpha value is -2.41. The van der Waals surface area contributed by atoms with Crippen LogP contribution in [0.4, 0.5) is 5.69 Å². The highest BCUT2D eigenvalue weighted by molar-refractivity contribution is 7.92. The Bertz CT molecular complexity index is 745. The highest BCUT2D eigenvalue weighted by Crippen LogP contribution is 2.23. The van der Waals surface area contributed by atoms with E-state index in [0.29, 0.717) is 0 Å². The van der Waals surface area contributed by atoms with E-state index >= 15 is 0 Å². The van der Waals surface area contributed by atoms with E-state index in [0.717, 1.165) is 4.31 Å². The molecule has 0 aliphatic carbocycles. The van der Waals surface area contributed by atoms with Crippen LogP contribution in [0.3, 0.4) is 0 Å². The lowest BCUT2D eigenvalue weighted by atomic mass is 10.2. The summed E-state index contributed by atoms with van der Waals surface area (Å²) in [7, 11) is -3.75. The molecule has 0 atom stereocenters. The van der Waals surface area contributed by atoms with Crippen molar-refractivity contribution >= 4 is 21.7 Å². The van der Waals surface area contributed by atoms with Crippen LogP contribution in [0, 0.1) is 0 Å². The zero-order valence-electron chi connectivity index (χ0n) is 11.3. The minimum absolute atomic E-state index is 0.0609. The van der Waals surface area contributed by atoms with Gasteiger partial charge >= 0.3 is 5.97 Å². The fraction of sp³-hybridized carbons (Fsp3) is 0.143. The van der Waals surface area contributed by atoms with E-state index in [1.54, 1.807) is 25.1 Å². The molecule has 0 aliphatic rings. The number of hydrogen-bond acceptors (Lipinski definition) is 4. The maximum atomic E-state index is 12.6. The zero-order valence-corrected chi connectivity index (χ0v) is 12.1. The molecule has 0 aliphatic heterocycles. The van der Waals surface area contributed by atoms with Crippen molar-refractivity contribution in [3.63, 3.8) is 0 Å². The number of anilines is 1. The van der Waals surface area contributed by atoms with Crippen LogP contribution in [0.25, 0.3) is 0 Å². The third-order valence-corrected chi connectivity index (χ3v) is 4.79. The molecular weight excluding hydrogens is 292 g/mol. The summed E-state index contributed by atoms with van der Waals surface area (Å²) in [6, 6.07) is 9.26. The molecule has 1 aromatic heterocycles. The topological polar surface area (TPSA) is 87.6 Å². The first-order valence-electron chi connectivity index (χ1n) is 6.23. The second kappa shape index (κ2) is 5.92. The van der Waals surface area contributed by atoms with Gasteiger partial charge in [-0.3, -0.25) is 9.29 Å². The van der Waals surface area contributed by atoms with E-state index in [-0.39, 0.29) is 22.7 Å². The summed E-state index contributed by atoms with van der Waals surface area (Å²) in [6.07, 6.45) is 2.51. The molecule has 7 heteroatoms. The van der Waals surface area contributed by atoms with Crippen LogP contribution in [-0.4, -0.2) is 31.0 Å². The van der Waals surface area contributed by atoms with Gasteiger partial charge in [0.05, 0.1) is 22.3 Å². The van der Waals surface area contributed by atoms with Crippen molar-refractivity contribution < 1.29 is 18.3 Å². The van der Waals surface area contributed by atoms with Crippen molar-refractivity contribution in [2.75, 3.05) is 10.8 Å².